The Bertz CT molecular complexity index is 900. The molecule has 134 valence electrons. The van der Waals surface area contributed by atoms with Crippen LogP contribution >= 0.6 is 0 Å². The second-order valence-electron chi connectivity index (χ2n) is 6.70. The molecule has 0 bridgehead atoms. The highest BCUT2D eigenvalue weighted by Gasteiger charge is 2.16. The largest absolute Gasteiger partial charge is 0.350 e. The molecule has 1 aliphatic heterocycles. The average molecular weight is 350 g/mol. The van der Waals surface area contributed by atoms with E-state index in [0.29, 0.717) is 24.6 Å². The minimum absolute atomic E-state index is 0.103. The van der Waals surface area contributed by atoms with Crippen LogP contribution in [0.5, 0.6) is 0 Å². The van der Waals surface area contributed by atoms with E-state index in [1.54, 1.807) is 10.9 Å². The lowest BCUT2D eigenvalue weighted by Crippen LogP contribution is -2.27. The monoisotopic (exact) mass is 350 g/mol. The van der Waals surface area contributed by atoms with Crippen LogP contribution in [0.15, 0.2) is 42.7 Å². The van der Waals surface area contributed by atoms with Crippen molar-refractivity contribution in [2.75, 3.05) is 19.6 Å². The molecule has 3 aromatic rings. The fourth-order valence-corrected chi connectivity index (χ4v) is 3.41. The number of nitrogens with zero attached hydrogens (tertiary/aromatic N) is 4. The van der Waals surface area contributed by atoms with Crippen LogP contribution in [0.1, 0.15) is 22.3 Å². The SMILES string of the molecule is O=C(NCCn1nnc2ccccc21)c1cncc(CC2CCNC2)c1. The molecule has 7 heteroatoms. The number of benzene rings is 1. The van der Waals surface area contributed by atoms with E-state index >= 15 is 0 Å². The standard InChI is InChI=1S/C19H22N6O/c26-19(16-10-15(12-21-13-16)9-14-5-6-20-11-14)22-7-8-25-18-4-2-1-3-17(18)23-24-25/h1-4,10,12-14,20H,5-9,11H2,(H,22,26). The highest BCUT2D eigenvalue weighted by Crippen LogP contribution is 2.15. The first kappa shape index (κ1) is 16.7. The van der Waals surface area contributed by atoms with Crippen LogP contribution in [-0.2, 0) is 13.0 Å². The Balaban J connectivity index is 1.34. The smallest absolute Gasteiger partial charge is 0.252 e. The summed E-state index contributed by atoms with van der Waals surface area (Å²) < 4.78 is 1.80. The zero-order valence-corrected chi connectivity index (χ0v) is 14.6. The van der Waals surface area contributed by atoms with Gasteiger partial charge in [0, 0.05) is 18.9 Å². The first-order valence-corrected chi connectivity index (χ1v) is 9.00. The first-order chi connectivity index (χ1) is 12.8. The molecule has 0 aliphatic carbocycles. The second-order valence-corrected chi connectivity index (χ2v) is 6.70. The Kier molecular flexibility index (Phi) is 4.88. The van der Waals surface area contributed by atoms with E-state index < -0.39 is 0 Å². The maximum atomic E-state index is 12.4. The van der Waals surface area contributed by atoms with Gasteiger partial charge in [0.05, 0.1) is 17.6 Å². The number of carbonyl (C=O) groups is 1. The molecule has 3 heterocycles. The van der Waals surface area contributed by atoms with Gasteiger partial charge in [-0.05, 0) is 55.6 Å². The van der Waals surface area contributed by atoms with E-state index in [0.717, 1.165) is 36.1 Å². The van der Waals surface area contributed by atoms with Crippen LogP contribution in [0, 0.1) is 5.92 Å². The third-order valence-corrected chi connectivity index (χ3v) is 4.77. The normalized spacial score (nSPS) is 16.8. The van der Waals surface area contributed by atoms with E-state index in [4.69, 9.17) is 0 Å². The predicted octanol–water partition coefficient (Wildman–Crippen LogP) is 1.41. The molecular formula is C19H22N6O. The van der Waals surface area contributed by atoms with Crippen molar-refractivity contribution in [3.63, 3.8) is 0 Å². The van der Waals surface area contributed by atoms with Crippen molar-refractivity contribution < 1.29 is 4.79 Å². The number of hydrogen-bond acceptors (Lipinski definition) is 5. The van der Waals surface area contributed by atoms with Gasteiger partial charge in [0.25, 0.3) is 5.91 Å². The average Bonchev–Trinajstić information content (AvgIpc) is 3.32. The van der Waals surface area contributed by atoms with Crippen LogP contribution in [0.4, 0.5) is 0 Å². The number of carbonyl (C=O) groups excluding carboxylic acids is 1. The van der Waals surface area contributed by atoms with Crippen LogP contribution < -0.4 is 10.6 Å². The molecule has 1 atom stereocenters. The van der Waals surface area contributed by atoms with Crippen molar-refractivity contribution in [3.8, 4) is 0 Å². The Labute approximate surface area is 151 Å². The van der Waals surface area contributed by atoms with Gasteiger partial charge < -0.3 is 10.6 Å². The number of pyridine rings is 1. The molecule has 7 nitrogen and oxygen atoms in total. The van der Waals surface area contributed by atoms with Gasteiger partial charge in [-0.15, -0.1) is 5.10 Å². The van der Waals surface area contributed by atoms with Gasteiger partial charge in [-0.25, -0.2) is 4.68 Å². The Morgan fingerprint density at radius 1 is 1.31 bits per heavy atom. The minimum Gasteiger partial charge on any atom is -0.350 e. The molecule has 0 saturated carbocycles. The number of hydrogen-bond donors (Lipinski definition) is 2. The van der Waals surface area contributed by atoms with Crippen molar-refractivity contribution in [2.45, 2.75) is 19.4 Å². The predicted molar refractivity (Wildman–Crippen MR) is 98.8 cm³/mol. The molecule has 0 spiro atoms. The van der Waals surface area contributed by atoms with Gasteiger partial charge in [-0.3, -0.25) is 9.78 Å². The van der Waals surface area contributed by atoms with Crippen molar-refractivity contribution in [3.05, 3.63) is 53.9 Å². The molecule has 1 unspecified atom stereocenters. The van der Waals surface area contributed by atoms with Crippen molar-refractivity contribution >= 4 is 16.9 Å². The summed E-state index contributed by atoms with van der Waals surface area (Å²) in [5.74, 6) is 0.532. The number of amides is 1. The van der Waals surface area contributed by atoms with Crippen molar-refractivity contribution in [1.82, 2.24) is 30.6 Å². The molecule has 2 aromatic heterocycles. The third kappa shape index (κ3) is 3.72. The molecule has 0 radical (unpaired) electrons. The molecule has 26 heavy (non-hydrogen) atoms. The van der Waals surface area contributed by atoms with Crippen molar-refractivity contribution in [1.29, 1.82) is 0 Å². The zero-order chi connectivity index (χ0) is 17.8. The summed E-state index contributed by atoms with van der Waals surface area (Å²) in [7, 11) is 0. The van der Waals surface area contributed by atoms with Gasteiger partial charge in [-0.2, -0.15) is 0 Å². The molecular weight excluding hydrogens is 328 g/mol. The quantitative estimate of drug-likeness (QED) is 0.702. The maximum Gasteiger partial charge on any atom is 0.252 e. The molecule has 2 N–H and O–H groups in total. The van der Waals surface area contributed by atoms with E-state index in [9.17, 15) is 4.79 Å². The van der Waals surface area contributed by atoms with Crippen molar-refractivity contribution in [2.24, 2.45) is 5.92 Å². The molecule has 1 amide bonds. The van der Waals surface area contributed by atoms with Crippen LogP contribution in [0.2, 0.25) is 0 Å². The van der Waals surface area contributed by atoms with Crippen LogP contribution in [0.25, 0.3) is 11.0 Å². The number of aromatic nitrogens is 4. The van der Waals surface area contributed by atoms with Gasteiger partial charge >= 0.3 is 0 Å². The molecule has 1 aromatic carbocycles. The highest BCUT2D eigenvalue weighted by atomic mass is 16.1. The lowest BCUT2D eigenvalue weighted by atomic mass is 9.99. The van der Waals surface area contributed by atoms with Gasteiger partial charge in [0.1, 0.15) is 5.52 Å². The summed E-state index contributed by atoms with van der Waals surface area (Å²) in [5.41, 5.74) is 3.55. The number of nitrogens with one attached hydrogen (secondary N) is 2. The fourth-order valence-electron chi connectivity index (χ4n) is 3.41. The zero-order valence-electron chi connectivity index (χ0n) is 14.6. The van der Waals surface area contributed by atoms with E-state index in [1.807, 2.05) is 36.5 Å². The number of fused-ring (bicyclic) bond motifs is 1. The Morgan fingerprint density at radius 3 is 3.12 bits per heavy atom. The van der Waals surface area contributed by atoms with Gasteiger partial charge in [-0.1, -0.05) is 17.3 Å². The Hall–Kier alpha value is -2.80. The lowest BCUT2D eigenvalue weighted by Gasteiger charge is -2.10. The lowest BCUT2D eigenvalue weighted by molar-refractivity contribution is 0.0951. The van der Waals surface area contributed by atoms with Crippen LogP contribution in [-0.4, -0.2) is 45.5 Å². The van der Waals surface area contributed by atoms with Gasteiger partial charge in [0.2, 0.25) is 0 Å². The maximum absolute atomic E-state index is 12.4. The van der Waals surface area contributed by atoms with Crippen LogP contribution in [0.3, 0.4) is 0 Å². The Morgan fingerprint density at radius 2 is 2.23 bits per heavy atom. The molecule has 1 saturated heterocycles. The van der Waals surface area contributed by atoms with E-state index in [-0.39, 0.29) is 5.91 Å². The van der Waals surface area contributed by atoms with Gasteiger partial charge in [0.15, 0.2) is 0 Å². The second kappa shape index (κ2) is 7.61. The molecule has 1 fully saturated rings. The minimum atomic E-state index is -0.103. The highest BCUT2D eigenvalue weighted by molar-refractivity contribution is 5.94. The fraction of sp³-hybridized carbons (Fsp3) is 0.368. The summed E-state index contributed by atoms with van der Waals surface area (Å²) in [4.78, 5) is 16.7. The van der Waals surface area contributed by atoms with E-state index in [1.165, 1.54) is 6.42 Å². The summed E-state index contributed by atoms with van der Waals surface area (Å²) in [6, 6.07) is 9.74. The topological polar surface area (TPSA) is 84.7 Å². The summed E-state index contributed by atoms with van der Waals surface area (Å²) in [6.07, 6.45) is 5.63. The summed E-state index contributed by atoms with van der Waals surface area (Å²) >= 11 is 0. The van der Waals surface area contributed by atoms with E-state index in [2.05, 4.69) is 25.9 Å². The molecule has 4 rings (SSSR count). The third-order valence-electron chi connectivity index (χ3n) is 4.77. The first-order valence-electron chi connectivity index (χ1n) is 9.00. The molecule has 1 aliphatic rings. The summed E-state index contributed by atoms with van der Waals surface area (Å²) in [5, 5.41) is 14.6. The number of para-hydroxylation sites is 1. The number of rotatable bonds is 6. The summed E-state index contributed by atoms with van der Waals surface area (Å²) in [6.45, 7) is 3.19.